The molecule has 0 aromatic carbocycles. The van der Waals surface area contributed by atoms with E-state index in [9.17, 15) is 0 Å². The molecule has 0 fully saturated rings. The number of hydrogen-bond acceptors (Lipinski definition) is 14. The first-order valence-electron chi connectivity index (χ1n) is 5.35. The predicted molar refractivity (Wildman–Crippen MR) is 64.7 cm³/mol. The van der Waals surface area contributed by atoms with Crippen molar-refractivity contribution in [2.24, 2.45) is 5.84 Å². The van der Waals surface area contributed by atoms with Crippen LogP contribution in [0.3, 0.4) is 0 Å². The van der Waals surface area contributed by atoms with Crippen LogP contribution < -0.4 is 77.7 Å². The Kier molecular flexibility index (Phi) is 15.9. The number of rotatable bonds is 15. The molecule has 0 atom stereocenters. The fraction of sp³-hybridized carbons (Fsp3) is 1.00. The van der Waals surface area contributed by atoms with Crippen LogP contribution >= 0.6 is 0 Å². The maximum Gasteiger partial charge on any atom is 0.0113 e. The monoisotopic (exact) mass is 268 g/mol. The Hall–Kier alpha value is -0.560. The van der Waals surface area contributed by atoms with E-state index in [1.807, 2.05) is 0 Å². The highest BCUT2D eigenvalue weighted by Gasteiger charge is 1.84. The molecular weight excluding hydrogens is 244 g/mol. The lowest BCUT2D eigenvalue weighted by molar-refractivity contribution is 0.213. The minimum atomic E-state index is 0.882. The van der Waals surface area contributed by atoms with E-state index in [1.165, 1.54) is 0 Å². The summed E-state index contributed by atoms with van der Waals surface area (Å²) in [5.74, 6) is 4.90. The van der Waals surface area contributed by atoms with Gasteiger partial charge in [-0.05, 0) is 6.42 Å². The summed E-state index contributed by atoms with van der Waals surface area (Å²) in [4.78, 5) is 0. The average molecular weight is 268 g/mol. The number of nitrogens with one attached hydrogen (secondary N) is 13. The van der Waals surface area contributed by atoms with Gasteiger partial charge >= 0.3 is 0 Å². The third kappa shape index (κ3) is 15.4. The van der Waals surface area contributed by atoms with Crippen LogP contribution in [-0.2, 0) is 0 Å². The van der Waals surface area contributed by atoms with Gasteiger partial charge in [0, 0.05) is 6.54 Å². The lowest BCUT2D eigenvalue weighted by Crippen LogP contribution is -2.67. The zero-order valence-electron chi connectivity index (χ0n) is 10.2. The first kappa shape index (κ1) is 17.4. The Morgan fingerprint density at radius 2 is 1.11 bits per heavy atom. The summed E-state index contributed by atoms with van der Waals surface area (Å²) in [6.07, 6.45) is 2.25. The van der Waals surface area contributed by atoms with Gasteiger partial charge in [-0.3, -0.25) is 5.84 Å². The SMILES string of the molecule is CCCCNNNNNNNNNNNNNN. The lowest BCUT2D eigenvalue weighted by atomic mass is 10.3. The Balaban J connectivity index is 2.86. The van der Waals surface area contributed by atoms with E-state index in [0.717, 1.165) is 19.4 Å². The van der Waals surface area contributed by atoms with Crippen molar-refractivity contribution >= 4 is 0 Å². The zero-order chi connectivity index (χ0) is 13.3. The number of hydrazine groups is 13. The molecule has 14 nitrogen and oxygen atoms in total. The minimum absolute atomic E-state index is 0.882. The molecule has 0 bridgehead atoms. The summed E-state index contributed by atoms with van der Waals surface area (Å²) >= 11 is 0. The number of nitrogens with two attached hydrogens (primary N) is 1. The van der Waals surface area contributed by atoms with Gasteiger partial charge in [0.15, 0.2) is 0 Å². The average Bonchev–Trinajstić information content (AvgIpc) is 2.39. The van der Waals surface area contributed by atoms with Gasteiger partial charge < -0.3 is 0 Å². The van der Waals surface area contributed by atoms with E-state index >= 15 is 0 Å². The summed E-state index contributed by atoms with van der Waals surface area (Å²) in [7, 11) is 0. The van der Waals surface area contributed by atoms with Gasteiger partial charge in [0.1, 0.15) is 0 Å². The highest BCUT2D eigenvalue weighted by atomic mass is 16.0. The van der Waals surface area contributed by atoms with Crippen LogP contribution in [0.15, 0.2) is 0 Å². The standard InChI is InChI=1S/C4H24N14/c1-2-3-4-6-8-10-12-14-16-18-17-15-13-11-9-7-5/h6-18H,2-5H2,1H3. The van der Waals surface area contributed by atoms with Crippen LogP contribution in [-0.4, -0.2) is 6.54 Å². The van der Waals surface area contributed by atoms with E-state index in [1.54, 1.807) is 0 Å². The van der Waals surface area contributed by atoms with E-state index in [-0.39, 0.29) is 0 Å². The summed E-state index contributed by atoms with van der Waals surface area (Å²) < 4.78 is 0. The number of hydrogen-bond donors (Lipinski definition) is 14. The van der Waals surface area contributed by atoms with Crippen LogP contribution in [0.2, 0.25) is 0 Å². The molecule has 0 aliphatic heterocycles. The summed E-state index contributed by atoms with van der Waals surface area (Å²) in [6, 6.07) is 0. The molecule has 15 N–H and O–H groups in total. The molecule has 0 unspecified atom stereocenters. The van der Waals surface area contributed by atoms with Crippen LogP contribution in [0.25, 0.3) is 0 Å². The molecule has 0 saturated carbocycles. The van der Waals surface area contributed by atoms with Crippen molar-refractivity contribution in [1.29, 1.82) is 0 Å². The van der Waals surface area contributed by atoms with Gasteiger partial charge in [0.05, 0.1) is 0 Å². The molecule has 0 heterocycles. The molecule has 0 aromatic heterocycles. The smallest absolute Gasteiger partial charge is 0.0113 e. The Labute approximate surface area is 105 Å². The van der Waals surface area contributed by atoms with Crippen molar-refractivity contribution in [3.05, 3.63) is 0 Å². The Morgan fingerprint density at radius 1 is 0.667 bits per heavy atom. The molecule has 0 amide bonds. The fourth-order valence-electron chi connectivity index (χ4n) is 0.689. The maximum absolute atomic E-state index is 4.90. The van der Waals surface area contributed by atoms with E-state index < -0.39 is 0 Å². The molecule has 0 aromatic rings. The second-order valence-corrected chi connectivity index (χ2v) is 2.80. The second kappa shape index (κ2) is 16.4. The van der Waals surface area contributed by atoms with Crippen molar-refractivity contribution in [3.8, 4) is 0 Å². The van der Waals surface area contributed by atoms with E-state index in [2.05, 4.69) is 78.8 Å². The quantitative estimate of drug-likeness (QED) is 0.0765. The number of unbranched alkanes of at least 4 members (excludes halogenated alkanes) is 1. The third-order valence-electron chi connectivity index (χ3n) is 1.44. The molecule has 0 saturated heterocycles. The molecule has 0 spiro atoms. The molecule has 0 rings (SSSR count). The van der Waals surface area contributed by atoms with Crippen LogP contribution in [0.4, 0.5) is 0 Å². The molecular formula is C4H24N14. The minimum Gasteiger partial charge on any atom is -0.257 e. The van der Waals surface area contributed by atoms with Crippen LogP contribution in [0, 0.1) is 0 Å². The van der Waals surface area contributed by atoms with Crippen molar-refractivity contribution in [2.75, 3.05) is 6.54 Å². The van der Waals surface area contributed by atoms with Crippen molar-refractivity contribution < 1.29 is 0 Å². The largest absolute Gasteiger partial charge is 0.257 e. The molecule has 0 aliphatic rings. The second-order valence-electron chi connectivity index (χ2n) is 2.80. The zero-order valence-corrected chi connectivity index (χ0v) is 10.2. The Bertz CT molecular complexity index is 126. The van der Waals surface area contributed by atoms with Gasteiger partial charge in [-0.2, -0.15) is 66.4 Å². The first-order valence-corrected chi connectivity index (χ1v) is 5.35. The van der Waals surface area contributed by atoms with E-state index in [4.69, 9.17) is 5.84 Å². The maximum atomic E-state index is 4.90. The van der Waals surface area contributed by atoms with E-state index in [0.29, 0.717) is 0 Å². The lowest BCUT2D eigenvalue weighted by Gasteiger charge is -2.13. The normalized spacial score (nSPS) is 11.0. The van der Waals surface area contributed by atoms with Crippen molar-refractivity contribution in [2.45, 2.75) is 19.8 Å². The third-order valence-corrected chi connectivity index (χ3v) is 1.44. The van der Waals surface area contributed by atoms with Crippen molar-refractivity contribution in [3.63, 3.8) is 0 Å². The molecule has 0 radical (unpaired) electrons. The van der Waals surface area contributed by atoms with Gasteiger partial charge in [-0.1, -0.05) is 13.3 Å². The van der Waals surface area contributed by atoms with Crippen LogP contribution in [0.5, 0.6) is 0 Å². The van der Waals surface area contributed by atoms with Crippen LogP contribution in [0.1, 0.15) is 19.8 Å². The summed E-state index contributed by atoms with van der Waals surface area (Å²) in [5.41, 5.74) is 32.8. The van der Waals surface area contributed by atoms with Gasteiger partial charge in [0.25, 0.3) is 0 Å². The van der Waals surface area contributed by atoms with Gasteiger partial charge in [0.2, 0.25) is 0 Å². The molecule has 110 valence electrons. The molecule has 0 aliphatic carbocycles. The van der Waals surface area contributed by atoms with Crippen molar-refractivity contribution in [1.82, 2.24) is 71.8 Å². The fourth-order valence-corrected chi connectivity index (χ4v) is 0.689. The predicted octanol–water partition coefficient (Wildman–Crippen LogP) is -5.70. The highest BCUT2D eigenvalue weighted by molar-refractivity contribution is 4.35. The molecule has 14 heteroatoms. The Morgan fingerprint density at radius 3 is 1.56 bits per heavy atom. The summed E-state index contributed by atoms with van der Waals surface area (Å²) in [5, 5.41) is 0. The summed E-state index contributed by atoms with van der Waals surface area (Å²) in [6.45, 7) is 3.01. The topological polar surface area (TPSA) is 182 Å². The highest BCUT2D eigenvalue weighted by Crippen LogP contribution is 1.79. The van der Waals surface area contributed by atoms with Gasteiger partial charge in [-0.15, -0.1) is 0 Å². The van der Waals surface area contributed by atoms with Gasteiger partial charge in [-0.25, -0.2) is 5.43 Å². The molecule has 18 heavy (non-hydrogen) atoms. The first-order chi connectivity index (χ1) is 8.91.